The van der Waals surface area contributed by atoms with Gasteiger partial charge in [0.05, 0.1) is 5.56 Å². The lowest BCUT2D eigenvalue weighted by atomic mass is 10.1. The molecule has 1 saturated heterocycles. The van der Waals surface area contributed by atoms with Gasteiger partial charge >= 0.3 is 5.97 Å². The minimum atomic E-state index is -0.997. The lowest BCUT2D eigenvalue weighted by Gasteiger charge is -2.27. The van der Waals surface area contributed by atoms with Crippen LogP contribution < -0.4 is 10.1 Å². The molecule has 8 heteroatoms. The molecule has 3 rings (SSSR count). The van der Waals surface area contributed by atoms with Crippen molar-refractivity contribution in [2.45, 2.75) is 6.61 Å². The first kappa shape index (κ1) is 20.9. The molecule has 1 heterocycles. The second-order valence-electron chi connectivity index (χ2n) is 6.38. The van der Waals surface area contributed by atoms with Crippen LogP contribution in [0.1, 0.15) is 21.5 Å². The molecule has 0 aromatic heterocycles. The molecule has 0 bridgehead atoms. The van der Waals surface area contributed by atoms with Crippen molar-refractivity contribution in [3.63, 3.8) is 0 Å². The van der Waals surface area contributed by atoms with Gasteiger partial charge in [0.25, 0.3) is 11.8 Å². The maximum atomic E-state index is 12.5. The second kappa shape index (κ2) is 9.15. The Morgan fingerprint density at radius 2 is 1.93 bits per heavy atom. The standard InChI is InChI=1S/C22H18N2O5S/c1-2-10-24-20(26)18(19(25)23-22(24)30)12-14-6-8-17(9-7-14)29-13-15-4-3-5-16(11-15)21(27)28/h2-9,11-12H,1,10,13H2,(H,27,28)(H,23,25,30)/b18-12+. The minimum absolute atomic E-state index is 0.0235. The fraction of sp³-hybridized carbons (Fsp3) is 0.0909. The smallest absolute Gasteiger partial charge is 0.335 e. The molecule has 2 amide bonds. The first-order valence-corrected chi connectivity index (χ1v) is 9.34. The lowest BCUT2D eigenvalue weighted by Crippen LogP contribution is -2.53. The number of amides is 2. The molecular weight excluding hydrogens is 404 g/mol. The average Bonchev–Trinajstić information content (AvgIpc) is 2.73. The van der Waals surface area contributed by atoms with Crippen molar-refractivity contribution in [2.24, 2.45) is 0 Å². The molecule has 2 aromatic rings. The van der Waals surface area contributed by atoms with Gasteiger partial charge in [-0.3, -0.25) is 19.8 Å². The van der Waals surface area contributed by atoms with Crippen LogP contribution in [0.15, 0.2) is 66.8 Å². The van der Waals surface area contributed by atoms with Crippen molar-refractivity contribution in [3.8, 4) is 5.75 Å². The van der Waals surface area contributed by atoms with Gasteiger partial charge in [-0.1, -0.05) is 30.3 Å². The van der Waals surface area contributed by atoms with Gasteiger partial charge in [-0.05, 0) is 53.7 Å². The molecule has 0 aliphatic carbocycles. The molecule has 0 spiro atoms. The van der Waals surface area contributed by atoms with Gasteiger partial charge in [0.1, 0.15) is 17.9 Å². The monoisotopic (exact) mass is 422 g/mol. The average molecular weight is 422 g/mol. The molecule has 152 valence electrons. The number of hydrogen-bond donors (Lipinski definition) is 2. The van der Waals surface area contributed by atoms with Crippen LogP contribution in [0.4, 0.5) is 0 Å². The summed E-state index contributed by atoms with van der Waals surface area (Å²) in [7, 11) is 0. The van der Waals surface area contributed by atoms with Crippen LogP contribution >= 0.6 is 12.2 Å². The Kier molecular flexibility index (Phi) is 6.38. The summed E-state index contributed by atoms with van der Waals surface area (Å²) < 4.78 is 5.68. The Bertz CT molecular complexity index is 1060. The first-order chi connectivity index (χ1) is 14.4. The number of ether oxygens (including phenoxy) is 1. The van der Waals surface area contributed by atoms with E-state index < -0.39 is 17.8 Å². The van der Waals surface area contributed by atoms with Gasteiger partial charge in [-0.2, -0.15) is 0 Å². The Morgan fingerprint density at radius 3 is 2.60 bits per heavy atom. The third-order valence-corrected chi connectivity index (χ3v) is 4.59. The number of aromatic carboxylic acids is 1. The number of thiocarbonyl (C=S) groups is 1. The number of carboxylic acids is 1. The van der Waals surface area contributed by atoms with Crippen LogP contribution in [0.5, 0.6) is 5.75 Å². The van der Waals surface area contributed by atoms with E-state index in [2.05, 4.69) is 11.9 Å². The second-order valence-corrected chi connectivity index (χ2v) is 6.77. The number of benzene rings is 2. The highest BCUT2D eigenvalue weighted by atomic mass is 32.1. The summed E-state index contributed by atoms with van der Waals surface area (Å²) in [4.78, 5) is 37.0. The van der Waals surface area contributed by atoms with Crippen molar-refractivity contribution < 1.29 is 24.2 Å². The zero-order valence-corrected chi connectivity index (χ0v) is 16.6. The summed E-state index contributed by atoms with van der Waals surface area (Å²) in [5, 5.41) is 11.6. The molecule has 2 aromatic carbocycles. The number of hydrogen-bond acceptors (Lipinski definition) is 5. The number of nitrogens with one attached hydrogen (secondary N) is 1. The summed E-state index contributed by atoms with van der Waals surface area (Å²) in [5.41, 5.74) is 1.53. The summed E-state index contributed by atoms with van der Waals surface area (Å²) in [6.45, 7) is 3.99. The fourth-order valence-electron chi connectivity index (χ4n) is 2.78. The van der Waals surface area contributed by atoms with Gasteiger partial charge < -0.3 is 9.84 Å². The number of carbonyl (C=O) groups is 3. The highest BCUT2D eigenvalue weighted by Gasteiger charge is 2.32. The third-order valence-electron chi connectivity index (χ3n) is 4.27. The van der Waals surface area contributed by atoms with E-state index in [4.69, 9.17) is 22.1 Å². The lowest BCUT2D eigenvalue weighted by molar-refractivity contribution is -0.128. The number of carboxylic acid groups (broad SMARTS) is 1. The number of carbonyl (C=O) groups excluding carboxylic acids is 2. The molecule has 30 heavy (non-hydrogen) atoms. The van der Waals surface area contributed by atoms with Gasteiger partial charge in [0, 0.05) is 6.54 Å². The van der Waals surface area contributed by atoms with Crippen LogP contribution in [0, 0.1) is 0 Å². The zero-order valence-electron chi connectivity index (χ0n) is 15.8. The highest BCUT2D eigenvalue weighted by molar-refractivity contribution is 7.80. The SMILES string of the molecule is C=CCN1C(=O)/C(=C/c2ccc(OCc3cccc(C(=O)O)c3)cc2)C(=O)NC1=S. The molecule has 7 nitrogen and oxygen atoms in total. The van der Waals surface area contributed by atoms with Crippen molar-refractivity contribution in [1.29, 1.82) is 0 Å². The molecular formula is C22H18N2O5S. The number of rotatable bonds is 7. The largest absolute Gasteiger partial charge is 0.489 e. The maximum absolute atomic E-state index is 12.5. The maximum Gasteiger partial charge on any atom is 0.335 e. The Labute approximate surface area is 178 Å². The molecule has 0 unspecified atom stereocenters. The van der Waals surface area contributed by atoms with Crippen LogP contribution in [0.3, 0.4) is 0 Å². The minimum Gasteiger partial charge on any atom is -0.489 e. The fourth-order valence-corrected chi connectivity index (χ4v) is 3.03. The topological polar surface area (TPSA) is 95.9 Å². The molecule has 0 saturated carbocycles. The Balaban J connectivity index is 1.70. The zero-order chi connectivity index (χ0) is 21.7. The van der Waals surface area contributed by atoms with E-state index in [0.717, 1.165) is 5.56 Å². The quantitative estimate of drug-likeness (QED) is 0.308. The van der Waals surface area contributed by atoms with Crippen molar-refractivity contribution in [3.05, 3.63) is 83.4 Å². The van der Waals surface area contributed by atoms with E-state index in [1.54, 1.807) is 42.5 Å². The predicted molar refractivity (Wildman–Crippen MR) is 115 cm³/mol. The molecule has 2 N–H and O–H groups in total. The summed E-state index contributed by atoms with van der Waals surface area (Å²) in [5.74, 6) is -1.47. The van der Waals surface area contributed by atoms with E-state index in [0.29, 0.717) is 11.3 Å². The molecule has 0 atom stereocenters. The number of nitrogens with zero attached hydrogens (tertiary/aromatic N) is 1. The van der Waals surface area contributed by atoms with Crippen LogP contribution in [0.2, 0.25) is 0 Å². The van der Waals surface area contributed by atoms with Gasteiger partial charge in [-0.15, -0.1) is 6.58 Å². The van der Waals surface area contributed by atoms with Crippen molar-refractivity contribution >= 4 is 41.2 Å². The molecule has 1 aliphatic rings. The van der Waals surface area contributed by atoms with E-state index in [9.17, 15) is 14.4 Å². The normalized spacial score (nSPS) is 15.1. The highest BCUT2D eigenvalue weighted by Crippen LogP contribution is 2.19. The molecule has 1 fully saturated rings. The van der Waals surface area contributed by atoms with Crippen LogP contribution in [0.25, 0.3) is 6.08 Å². The van der Waals surface area contributed by atoms with E-state index in [-0.39, 0.29) is 29.4 Å². The predicted octanol–water partition coefficient (Wildman–Crippen LogP) is 2.78. The Morgan fingerprint density at radius 1 is 1.20 bits per heavy atom. The van der Waals surface area contributed by atoms with Crippen molar-refractivity contribution in [1.82, 2.24) is 10.2 Å². The third kappa shape index (κ3) is 4.79. The first-order valence-electron chi connectivity index (χ1n) is 8.94. The van der Waals surface area contributed by atoms with E-state index >= 15 is 0 Å². The van der Waals surface area contributed by atoms with Crippen LogP contribution in [-0.4, -0.2) is 39.4 Å². The summed E-state index contributed by atoms with van der Waals surface area (Å²) in [6.07, 6.45) is 3.01. The molecule has 1 aliphatic heterocycles. The van der Waals surface area contributed by atoms with Gasteiger partial charge in [-0.25, -0.2) is 4.79 Å². The summed E-state index contributed by atoms with van der Waals surface area (Å²) >= 11 is 5.02. The molecule has 0 radical (unpaired) electrons. The van der Waals surface area contributed by atoms with Gasteiger partial charge in [0.15, 0.2) is 5.11 Å². The van der Waals surface area contributed by atoms with Crippen LogP contribution in [-0.2, 0) is 16.2 Å². The Hall–Kier alpha value is -3.78. The van der Waals surface area contributed by atoms with E-state index in [1.165, 1.54) is 23.1 Å². The summed E-state index contributed by atoms with van der Waals surface area (Å²) in [6, 6.07) is 13.3. The van der Waals surface area contributed by atoms with E-state index in [1.807, 2.05) is 0 Å². The van der Waals surface area contributed by atoms with Crippen molar-refractivity contribution in [2.75, 3.05) is 6.54 Å². The van der Waals surface area contributed by atoms with Gasteiger partial charge in [0.2, 0.25) is 0 Å².